The lowest BCUT2D eigenvalue weighted by Gasteiger charge is -2.11. The van der Waals surface area contributed by atoms with Crippen molar-refractivity contribution in [2.45, 2.75) is 33.6 Å². The smallest absolute Gasteiger partial charge is 0.224 e. The van der Waals surface area contributed by atoms with Crippen LogP contribution < -0.4 is 5.32 Å². The zero-order valence-electron chi connectivity index (χ0n) is 15.9. The molecule has 0 spiro atoms. The fourth-order valence-electron chi connectivity index (χ4n) is 3.20. The molecule has 6 nitrogen and oxygen atoms in total. The quantitative estimate of drug-likeness (QED) is 0.525. The van der Waals surface area contributed by atoms with Crippen molar-refractivity contribution in [2.24, 2.45) is 0 Å². The average Bonchev–Trinajstić information content (AvgIpc) is 3.25. The highest BCUT2D eigenvalue weighted by atomic mass is 32.1. The zero-order valence-corrected chi connectivity index (χ0v) is 16.8. The van der Waals surface area contributed by atoms with Gasteiger partial charge >= 0.3 is 0 Å². The highest BCUT2D eigenvalue weighted by Gasteiger charge is 2.14. The highest BCUT2D eigenvalue weighted by molar-refractivity contribution is 7.21. The minimum absolute atomic E-state index is 0.0359. The maximum absolute atomic E-state index is 12.5. The maximum Gasteiger partial charge on any atom is 0.224 e. The van der Waals surface area contributed by atoms with Crippen LogP contribution in [0.2, 0.25) is 0 Å². The second kappa shape index (κ2) is 7.52. The molecular formula is C21H20N4O2S. The standard InChI is InChI=1S/C21H20N4O2S/c1-12-15(20-24-18-8-5-11-22-21(18)28-20)6-4-7-17(12)23-19(26)10-9-16-13(2)25-27-14(16)3/h4-8,11H,9-10H2,1-3H3,(H,23,26). The van der Waals surface area contributed by atoms with E-state index >= 15 is 0 Å². The Morgan fingerprint density at radius 1 is 1.18 bits per heavy atom. The first kappa shape index (κ1) is 18.3. The molecule has 0 aliphatic carbocycles. The Morgan fingerprint density at radius 2 is 2.04 bits per heavy atom. The SMILES string of the molecule is Cc1noc(C)c1CCC(=O)Nc1cccc(-c2nc3cccnc3s2)c1C. The van der Waals surface area contributed by atoms with Gasteiger partial charge in [0.1, 0.15) is 21.1 Å². The van der Waals surface area contributed by atoms with Gasteiger partial charge in [0.15, 0.2) is 0 Å². The van der Waals surface area contributed by atoms with Gasteiger partial charge in [0.05, 0.1) is 5.69 Å². The Hall–Kier alpha value is -3.06. The van der Waals surface area contributed by atoms with Crippen LogP contribution >= 0.6 is 11.3 Å². The van der Waals surface area contributed by atoms with Crippen LogP contribution in [0, 0.1) is 20.8 Å². The van der Waals surface area contributed by atoms with E-state index in [1.165, 1.54) is 0 Å². The van der Waals surface area contributed by atoms with E-state index in [4.69, 9.17) is 4.52 Å². The second-order valence-corrected chi connectivity index (χ2v) is 7.65. The molecule has 1 aromatic carbocycles. The highest BCUT2D eigenvalue weighted by Crippen LogP contribution is 2.33. The van der Waals surface area contributed by atoms with E-state index in [-0.39, 0.29) is 5.91 Å². The van der Waals surface area contributed by atoms with Crippen molar-refractivity contribution in [3.05, 3.63) is 59.1 Å². The number of rotatable bonds is 5. The first-order valence-corrected chi connectivity index (χ1v) is 9.87. The lowest BCUT2D eigenvalue weighted by atomic mass is 10.1. The van der Waals surface area contributed by atoms with Gasteiger partial charge in [-0.05, 0) is 51.0 Å². The van der Waals surface area contributed by atoms with E-state index in [9.17, 15) is 4.79 Å². The molecule has 0 radical (unpaired) electrons. The van der Waals surface area contributed by atoms with Crippen molar-refractivity contribution in [3.8, 4) is 10.6 Å². The molecular weight excluding hydrogens is 372 g/mol. The lowest BCUT2D eigenvalue weighted by molar-refractivity contribution is -0.116. The number of amides is 1. The number of nitrogens with one attached hydrogen (secondary N) is 1. The third-order valence-electron chi connectivity index (χ3n) is 4.79. The molecule has 0 saturated carbocycles. The lowest BCUT2D eigenvalue weighted by Crippen LogP contribution is -2.13. The van der Waals surface area contributed by atoms with Gasteiger partial charge in [-0.2, -0.15) is 0 Å². The zero-order chi connectivity index (χ0) is 19.7. The van der Waals surface area contributed by atoms with Gasteiger partial charge in [-0.15, -0.1) is 0 Å². The molecule has 0 bridgehead atoms. The van der Waals surface area contributed by atoms with E-state index < -0.39 is 0 Å². The molecule has 1 amide bonds. The van der Waals surface area contributed by atoms with Crippen LogP contribution in [0.3, 0.4) is 0 Å². The number of carbonyl (C=O) groups excluding carboxylic acids is 1. The summed E-state index contributed by atoms with van der Waals surface area (Å²) in [4.78, 5) is 22.4. The topological polar surface area (TPSA) is 80.9 Å². The monoisotopic (exact) mass is 392 g/mol. The summed E-state index contributed by atoms with van der Waals surface area (Å²) in [5.41, 5.74) is 5.53. The molecule has 28 heavy (non-hydrogen) atoms. The van der Waals surface area contributed by atoms with Crippen molar-refractivity contribution >= 4 is 33.3 Å². The van der Waals surface area contributed by atoms with E-state index in [1.54, 1.807) is 17.5 Å². The van der Waals surface area contributed by atoms with Gasteiger partial charge in [0, 0.05) is 29.4 Å². The van der Waals surface area contributed by atoms with Crippen molar-refractivity contribution < 1.29 is 9.32 Å². The molecule has 4 rings (SSSR count). The first-order chi connectivity index (χ1) is 13.5. The van der Waals surface area contributed by atoms with Crippen LogP contribution in [-0.2, 0) is 11.2 Å². The van der Waals surface area contributed by atoms with E-state index in [0.717, 1.165) is 49.2 Å². The Kier molecular flexibility index (Phi) is 4.92. The summed E-state index contributed by atoms with van der Waals surface area (Å²) in [6, 6.07) is 9.71. The second-order valence-electron chi connectivity index (χ2n) is 6.68. The fourth-order valence-corrected chi connectivity index (χ4v) is 4.19. The van der Waals surface area contributed by atoms with Crippen LogP contribution in [-0.4, -0.2) is 21.0 Å². The molecule has 0 aliphatic rings. The molecule has 3 heterocycles. The fraction of sp³-hybridized carbons (Fsp3) is 0.238. The Labute approximate surface area is 166 Å². The number of fused-ring (bicyclic) bond motifs is 1. The Morgan fingerprint density at radius 3 is 2.79 bits per heavy atom. The van der Waals surface area contributed by atoms with Gasteiger partial charge in [-0.25, -0.2) is 9.97 Å². The number of thiazole rings is 1. The number of anilines is 1. The number of carbonyl (C=O) groups is 1. The summed E-state index contributed by atoms with van der Waals surface area (Å²) in [5.74, 6) is 0.735. The van der Waals surface area contributed by atoms with Crippen molar-refractivity contribution in [1.29, 1.82) is 0 Å². The van der Waals surface area contributed by atoms with Gasteiger partial charge in [-0.1, -0.05) is 28.6 Å². The van der Waals surface area contributed by atoms with Gasteiger partial charge in [0.2, 0.25) is 5.91 Å². The molecule has 0 unspecified atom stereocenters. The number of hydrogen-bond acceptors (Lipinski definition) is 6. The predicted molar refractivity (Wildman–Crippen MR) is 111 cm³/mol. The summed E-state index contributed by atoms with van der Waals surface area (Å²) >= 11 is 1.55. The molecule has 142 valence electrons. The minimum atomic E-state index is -0.0359. The van der Waals surface area contributed by atoms with Crippen molar-refractivity contribution in [2.75, 3.05) is 5.32 Å². The third kappa shape index (κ3) is 3.53. The van der Waals surface area contributed by atoms with Crippen molar-refractivity contribution in [3.63, 3.8) is 0 Å². The molecule has 7 heteroatoms. The number of pyridine rings is 1. The van der Waals surface area contributed by atoms with Crippen LogP contribution in [0.25, 0.3) is 20.9 Å². The summed E-state index contributed by atoms with van der Waals surface area (Å²) in [7, 11) is 0. The van der Waals surface area contributed by atoms with Gasteiger partial charge in [0.25, 0.3) is 0 Å². The maximum atomic E-state index is 12.5. The largest absolute Gasteiger partial charge is 0.361 e. The molecule has 3 aromatic heterocycles. The van der Waals surface area contributed by atoms with Gasteiger partial charge in [-0.3, -0.25) is 4.79 Å². The summed E-state index contributed by atoms with van der Waals surface area (Å²) in [5, 5.41) is 7.87. The summed E-state index contributed by atoms with van der Waals surface area (Å²) in [6.45, 7) is 5.76. The molecule has 4 aromatic rings. The third-order valence-corrected chi connectivity index (χ3v) is 5.80. The Balaban J connectivity index is 1.52. The van der Waals surface area contributed by atoms with Crippen LogP contribution in [0.5, 0.6) is 0 Å². The first-order valence-electron chi connectivity index (χ1n) is 9.06. The Bertz CT molecular complexity index is 1110. The van der Waals surface area contributed by atoms with Crippen molar-refractivity contribution in [1.82, 2.24) is 15.1 Å². The number of aromatic nitrogens is 3. The predicted octanol–water partition coefficient (Wildman–Crippen LogP) is 4.84. The molecule has 0 aliphatic heterocycles. The number of benzene rings is 1. The summed E-state index contributed by atoms with van der Waals surface area (Å²) in [6.07, 6.45) is 2.75. The number of hydrogen-bond donors (Lipinski definition) is 1. The van der Waals surface area contributed by atoms with E-state index in [0.29, 0.717) is 12.8 Å². The molecule has 0 fully saturated rings. The van der Waals surface area contributed by atoms with Crippen LogP contribution in [0.1, 0.15) is 29.0 Å². The molecule has 0 atom stereocenters. The number of nitrogens with zero attached hydrogens (tertiary/aromatic N) is 3. The van der Waals surface area contributed by atoms with Gasteiger partial charge < -0.3 is 9.84 Å². The van der Waals surface area contributed by atoms with Crippen LogP contribution in [0.15, 0.2) is 41.1 Å². The average molecular weight is 392 g/mol. The van der Waals surface area contributed by atoms with E-state index in [1.807, 2.05) is 51.1 Å². The van der Waals surface area contributed by atoms with Crippen LogP contribution in [0.4, 0.5) is 5.69 Å². The van der Waals surface area contributed by atoms with E-state index in [2.05, 4.69) is 20.4 Å². The molecule has 0 saturated heterocycles. The molecule has 1 N–H and O–H groups in total. The normalized spacial score (nSPS) is 11.1. The minimum Gasteiger partial charge on any atom is -0.361 e. The summed E-state index contributed by atoms with van der Waals surface area (Å²) < 4.78 is 5.16. The number of aryl methyl sites for hydroxylation is 2.